The van der Waals surface area contributed by atoms with E-state index in [1.165, 1.54) is 23.5 Å². The summed E-state index contributed by atoms with van der Waals surface area (Å²) in [4.78, 5) is 25.3. The number of aliphatic carboxylic acids is 1. The van der Waals surface area contributed by atoms with E-state index < -0.39 is 39.3 Å². The second-order valence-corrected chi connectivity index (χ2v) is 10.2. The Balaban J connectivity index is 2.09. The van der Waals surface area contributed by atoms with Crippen LogP contribution < -0.4 is 9.50 Å². The lowest BCUT2D eigenvalue weighted by Gasteiger charge is -2.16. The third-order valence-corrected chi connectivity index (χ3v) is 6.51. The normalized spacial score (nSPS) is 13.5. The molecule has 0 aliphatic heterocycles. The summed E-state index contributed by atoms with van der Waals surface area (Å²) >= 11 is 1.25. The lowest BCUT2D eigenvalue weighted by Crippen LogP contribution is -2.42. The molecule has 7 nitrogen and oxygen atoms in total. The Morgan fingerprint density at radius 2 is 1.68 bits per heavy atom. The van der Waals surface area contributed by atoms with Crippen molar-refractivity contribution in [2.24, 2.45) is 0 Å². The Morgan fingerprint density at radius 1 is 1.10 bits per heavy atom. The molecule has 0 aliphatic rings. The first-order chi connectivity index (χ1) is 14.1. The fraction of sp³-hybridized carbons (Fsp3) is 0.368. The SMILES string of the molecule is CC(C)(C)c1ccc(C(=O)NC(Cc2ccc(OS(=O)(=O)C(F)(F)F)cc2)C(=O)O)s1. The maximum atomic E-state index is 12.4. The van der Waals surface area contributed by atoms with E-state index in [0.29, 0.717) is 10.4 Å². The maximum absolute atomic E-state index is 12.4. The number of alkyl halides is 3. The van der Waals surface area contributed by atoms with E-state index in [4.69, 9.17) is 0 Å². The summed E-state index contributed by atoms with van der Waals surface area (Å²) in [5.74, 6) is -2.45. The first-order valence-corrected chi connectivity index (χ1v) is 11.1. The molecule has 2 aromatic rings. The topological polar surface area (TPSA) is 110 Å². The van der Waals surface area contributed by atoms with Gasteiger partial charge in [0.25, 0.3) is 5.91 Å². The molecule has 31 heavy (non-hydrogen) atoms. The molecule has 1 atom stereocenters. The Morgan fingerprint density at radius 3 is 2.13 bits per heavy atom. The fourth-order valence-electron chi connectivity index (χ4n) is 2.38. The first kappa shape index (κ1) is 24.7. The van der Waals surface area contributed by atoms with Crippen LogP contribution in [0.4, 0.5) is 13.2 Å². The summed E-state index contributed by atoms with van der Waals surface area (Å²) in [6.07, 6.45) is -0.176. The summed E-state index contributed by atoms with van der Waals surface area (Å²) in [5, 5.41) is 11.8. The van der Waals surface area contributed by atoms with Crippen molar-refractivity contribution in [2.75, 3.05) is 0 Å². The molecule has 1 aromatic heterocycles. The predicted octanol–water partition coefficient (Wildman–Crippen LogP) is 3.70. The lowest BCUT2D eigenvalue weighted by molar-refractivity contribution is -0.139. The fourth-order valence-corrected chi connectivity index (χ4v) is 3.81. The molecule has 0 aliphatic carbocycles. The van der Waals surface area contributed by atoms with E-state index in [-0.39, 0.29) is 11.8 Å². The molecule has 0 radical (unpaired) electrons. The van der Waals surface area contributed by atoms with Crippen molar-refractivity contribution in [1.82, 2.24) is 5.32 Å². The average molecular weight is 479 g/mol. The number of hydrogen-bond acceptors (Lipinski definition) is 6. The highest BCUT2D eigenvalue weighted by Gasteiger charge is 2.48. The molecule has 1 heterocycles. The number of halogens is 3. The van der Waals surface area contributed by atoms with Crippen molar-refractivity contribution in [2.45, 2.75) is 44.2 Å². The molecule has 170 valence electrons. The number of carbonyl (C=O) groups excluding carboxylic acids is 1. The monoisotopic (exact) mass is 479 g/mol. The lowest BCUT2D eigenvalue weighted by atomic mass is 9.95. The van der Waals surface area contributed by atoms with Crippen molar-refractivity contribution in [1.29, 1.82) is 0 Å². The van der Waals surface area contributed by atoms with Gasteiger partial charge < -0.3 is 14.6 Å². The summed E-state index contributed by atoms with van der Waals surface area (Å²) in [5.41, 5.74) is -5.40. The van der Waals surface area contributed by atoms with Crippen LogP contribution in [-0.4, -0.2) is 37.0 Å². The predicted molar refractivity (Wildman–Crippen MR) is 108 cm³/mol. The second kappa shape index (κ2) is 8.87. The zero-order valence-corrected chi connectivity index (χ0v) is 18.3. The van der Waals surface area contributed by atoms with Crippen LogP contribution in [0.25, 0.3) is 0 Å². The molecule has 1 unspecified atom stereocenters. The Kier molecular flexibility index (Phi) is 7.06. The molecule has 0 bridgehead atoms. The molecule has 1 amide bonds. The van der Waals surface area contributed by atoms with Crippen molar-refractivity contribution in [3.8, 4) is 5.75 Å². The van der Waals surface area contributed by atoms with Gasteiger partial charge in [-0.1, -0.05) is 32.9 Å². The standard InChI is InChI=1S/C19H20F3NO6S2/c1-18(2,3)15-9-8-14(30-15)16(24)23-13(17(25)26)10-11-4-6-12(7-5-11)29-31(27,28)19(20,21)22/h4-9,13H,10H2,1-3H3,(H,23,24)(H,25,26). The maximum Gasteiger partial charge on any atom is 0.534 e. The Bertz CT molecular complexity index is 1050. The van der Waals surface area contributed by atoms with Crippen LogP contribution in [0.2, 0.25) is 0 Å². The van der Waals surface area contributed by atoms with Crippen molar-refractivity contribution in [3.63, 3.8) is 0 Å². The average Bonchev–Trinajstić information content (AvgIpc) is 3.12. The van der Waals surface area contributed by atoms with Gasteiger partial charge in [-0.2, -0.15) is 21.6 Å². The zero-order valence-electron chi connectivity index (χ0n) is 16.7. The highest BCUT2D eigenvalue weighted by atomic mass is 32.2. The minimum atomic E-state index is -5.81. The van der Waals surface area contributed by atoms with Gasteiger partial charge in [0.05, 0.1) is 4.88 Å². The number of carbonyl (C=O) groups is 2. The van der Waals surface area contributed by atoms with E-state index in [1.807, 2.05) is 20.8 Å². The number of amides is 1. The van der Waals surface area contributed by atoms with Crippen LogP contribution in [-0.2, 0) is 26.7 Å². The van der Waals surface area contributed by atoms with Crippen LogP contribution >= 0.6 is 11.3 Å². The number of nitrogens with one attached hydrogen (secondary N) is 1. The summed E-state index contributed by atoms with van der Waals surface area (Å²) in [6.45, 7) is 5.94. The summed E-state index contributed by atoms with van der Waals surface area (Å²) in [6, 6.07) is 6.45. The van der Waals surface area contributed by atoms with Gasteiger partial charge in [-0.05, 0) is 35.2 Å². The number of hydrogen-bond donors (Lipinski definition) is 2. The molecule has 0 saturated carbocycles. The van der Waals surface area contributed by atoms with Crippen molar-refractivity contribution >= 4 is 33.3 Å². The zero-order chi connectivity index (χ0) is 23.6. The molecule has 0 saturated heterocycles. The quantitative estimate of drug-likeness (QED) is 0.463. The van der Waals surface area contributed by atoms with Gasteiger partial charge in [0.2, 0.25) is 0 Å². The van der Waals surface area contributed by atoms with Gasteiger partial charge in [-0.15, -0.1) is 11.3 Å². The highest BCUT2D eigenvalue weighted by Crippen LogP contribution is 2.30. The van der Waals surface area contributed by atoms with Gasteiger partial charge in [-0.25, -0.2) is 4.79 Å². The first-order valence-electron chi connectivity index (χ1n) is 8.84. The van der Waals surface area contributed by atoms with Crippen LogP contribution in [0, 0.1) is 0 Å². The van der Waals surface area contributed by atoms with Crippen molar-refractivity contribution in [3.05, 3.63) is 51.7 Å². The molecular formula is C19H20F3NO6S2. The number of carboxylic acids is 1. The van der Waals surface area contributed by atoms with E-state index in [9.17, 15) is 36.3 Å². The van der Waals surface area contributed by atoms with Crippen molar-refractivity contribution < 1.29 is 40.5 Å². The molecule has 2 N–H and O–H groups in total. The number of thiophene rings is 1. The molecule has 12 heteroatoms. The van der Waals surface area contributed by atoms with E-state index in [0.717, 1.165) is 17.0 Å². The van der Waals surface area contributed by atoms with Crippen LogP contribution in [0.5, 0.6) is 5.75 Å². The summed E-state index contributed by atoms with van der Waals surface area (Å²) in [7, 11) is -5.81. The number of carboxylic acid groups (broad SMARTS) is 1. The van der Waals surface area contributed by atoms with Crippen LogP contribution in [0.3, 0.4) is 0 Å². The van der Waals surface area contributed by atoms with E-state index in [1.54, 1.807) is 12.1 Å². The van der Waals surface area contributed by atoms with Gasteiger partial charge in [0.15, 0.2) is 0 Å². The highest BCUT2D eigenvalue weighted by molar-refractivity contribution is 7.88. The largest absolute Gasteiger partial charge is 0.534 e. The van der Waals surface area contributed by atoms with E-state index >= 15 is 0 Å². The second-order valence-electron chi connectivity index (χ2n) is 7.61. The van der Waals surface area contributed by atoms with Gasteiger partial charge >= 0.3 is 21.6 Å². The molecule has 1 aromatic carbocycles. The van der Waals surface area contributed by atoms with Crippen LogP contribution in [0.15, 0.2) is 36.4 Å². The number of benzene rings is 1. The third kappa shape index (κ3) is 6.44. The Labute approximate surface area is 181 Å². The Hall–Kier alpha value is -2.60. The van der Waals surface area contributed by atoms with E-state index in [2.05, 4.69) is 9.50 Å². The summed E-state index contributed by atoms with van der Waals surface area (Å²) < 4.78 is 63.1. The number of rotatable bonds is 7. The van der Waals surface area contributed by atoms with Gasteiger partial charge in [-0.3, -0.25) is 4.79 Å². The third-order valence-electron chi connectivity index (χ3n) is 4.02. The van der Waals surface area contributed by atoms with Gasteiger partial charge in [0.1, 0.15) is 11.8 Å². The smallest absolute Gasteiger partial charge is 0.480 e. The van der Waals surface area contributed by atoms with Gasteiger partial charge in [0, 0.05) is 11.3 Å². The molecule has 0 spiro atoms. The molecule has 0 fully saturated rings. The molecular weight excluding hydrogens is 459 g/mol. The van der Waals surface area contributed by atoms with Crippen LogP contribution in [0.1, 0.15) is 40.9 Å². The molecule has 2 rings (SSSR count). The minimum Gasteiger partial charge on any atom is -0.480 e. The minimum absolute atomic E-state index is 0.168.